The lowest BCUT2D eigenvalue weighted by Gasteiger charge is -2.16. The number of carbonyl (C=O) groups is 1. The highest BCUT2D eigenvalue weighted by molar-refractivity contribution is 5.69. The minimum Gasteiger partial charge on any atom is -0.479 e. The molecular formula is C11H12O5. The summed E-state index contributed by atoms with van der Waals surface area (Å²) in [6, 6.07) is 5.12. The van der Waals surface area contributed by atoms with E-state index in [1.54, 1.807) is 32.0 Å². The third-order valence-corrected chi connectivity index (χ3v) is 2.00. The normalized spacial score (nSPS) is 15.9. The summed E-state index contributed by atoms with van der Waals surface area (Å²) in [4.78, 5) is 10.4. The number of hydrogen-bond donors (Lipinski definition) is 1. The van der Waals surface area contributed by atoms with E-state index in [0.717, 1.165) is 0 Å². The zero-order valence-corrected chi connectivity index (χ0v) is 9.02. The van der Waals surface area contributed by atoms with Crippen molar-refractivity contribution < 1.29 is 24.1 Å². The Morgan fingerprint density at radius 1 is 1.44 bits per heavy atom. The fraction of sp³-hybridized carbons (Fsp3) is 0.364. The van der Waals surface area contributed by atoms with Crippen LogP contribution in [-0.4, -0.2) is 23.5 Å². The van der Waals surface area contributed by atoms with Gasteiger partial charge in [0.2, 0.25) is 11.5 Å². The molecule has 5 heteroatoms. The molecule has 16 heavy (non-hydrogen) atoms. The number of benzene rings is 1. The quantitative estimate of drug-likeness (QED) is 0.845. The lowest BCUT2D eigenvalue weighted by Crippen LogP contribution is -2.29. The predicted molar refractivity (Wildman–Crippen MR) is 54.9 cm³/mol. The molecule has 0 saturated heterocycles. The highest BCUT2D eigenvalue weighted by atomic mass is 16.7. The summed E-state index contributed by atoms with van der Waals surface area (Å²) in [6.45, 7) is 3.14. The number of carboxylic acid groups (broad SMARTS) is 1. The first-order chi connectivity index (χ1) is 7.48. The highest BCUT2D eigenvalue weighted by Crippen LogP contribution is 2.45. The van der Waals surface area contributed by atoms with Crippen molar-refractivity contribution in [3.05, 3.63) is 18.2 Å². The van der Waals surface area contributed by atoms with Gasteiger partial charge in [0.1, 0.15) is 0 Å². The van der Waals surface area contributed by atoms with Crippen molar-refractivity contribution in [3.8, 4) is 17.2 Å². The van der Waals surface area contributed by atoms with E-state index < -0.39 is 18.4 Å². The SMILES string of the molecule is CC1(C)Oc2cccc(OCC(=O)O)c2O1. The van der Waals surface area contributed by atoms with Gasteiger partial charge in [-0.25, -0.2) is 4.79 Å². The molecule has 1 N–H and O–H groups in total. The Morgan fingerprint density at radius 3 is 2.88 bits per heavy atom. The lowest BCUT2D eigenvalue weighted by atomic mass is 10.3. The Hall–Kier alpha value is -1.91. The summed E-state index contributed by atoms with van der Waals surface area (Å²) >= 11 is 0. The van der Waals surface area contributed by atoms with Crippen molar-refractivity contribution in [3.63, 3.8) is 0 Å². The molecule has 0 aromatic heterocycles. The van der Waals surface area contributed by atoms with Crippen LogP contribution in [0.3, 0.4) is 0 Å². The Morgan fingerprint density at radius 2 is 2.19 bits per heavy atom. The first-order valence-electron chi connectivity index (χ1n) is 4.83. The number of hydrogen-bond acceptors (Lipinski definition) is 4. The molecule has 0 atom stereocenters. The molecule has 0 saturated carbocycles. The zero-order valence-electron chi connectivity index (χ0n) is 9.02. The maximum absolute atomic E-state index is 10.4. The standard InChI is InChI=1S/C11H12O5/c1-11(2)15-8-5-3-4-7(10(8)16-11)14-6-9(12)13/h3-5H,6H2,1-2H3,(H,12,13). The van der Waals surface area contributed by atoms with Gasteiger partial charge in [-0.3, -0.25) is 0 Å². The smallest absolute Gasteiger partial charge is 0.341 e. The van der Waals surface area contributed by atoms with Gasteiger partial charge in [-0.2, -0.15) is 0 Å². The molecule has 1 aliphatic heterocycles. The van der Waals surface area contributed by atoms with Gasteiger partial charge in [-0.15, -0.1) is 0 Å². The molecular weight excluding hydrogens is 212 g/mol. The average molecular weight is 224 g/mol. The van der Waals surface area contributed by atoms with Crippen LogP contribution in [-0.2, 0) is 4.79 Å². The van der Waals surface area contributed by atoms with Gasteiger partial charge < -0.3 is 19.3 Å². The third-order valence-electron chi connectivity index (χ3n) is 2.00. The van der Waals surface area contributed by atoms with Crippen molar-refractivity contribution in [2.24, 2.45) is 0 Å². The molecule has 2 rings (SSSR count). The molecule has 0 spiro atoms. The topological polar surface area (TPSA) is 65.0 Å². The van der Waals surface area contributed by atoms with Crippen LogP contribution in [0.2, 0.25) is 0 Å². The predicted octanol–water partition coefficient (Wildman–Crippen LogP) is 1.66. The van der Waals surface area contributed by atoms with E-state index in [1.807, 2.05) is 0 Å². The molecule has 1 heterocycles. The van der Waals surface area contributed by atoms with Crippen LogP contribution in [0, 0.1) is 0 Å². The van der Waals surface area contributed by atoms with Gasteiger partial charge in [0.25, 0.3) is 0 Å². The van der Waals surface area contributed by atoms with Gasteiger partial charge in [0.05, 0.1) is 0 Å². The summed E-state index contributed by atoms with van der Waals surface area (Å²) in [6.07, 6.45) is 0. The summed E-state index contributed by atoms with van der Waals surface area (Å²) in [7, 11) is 0. The second-order valence-corrected chi connectivity index (χ2v) is 3.87. The van der Waals surface area contributed by atoms with E-state index in [-0.39, 0.29) is 0 Å². The number of carboxylic acids is 1. The molecule has 0 bridgehead atoms. The number of ether oxygens (including phenoxy) is 3. The Kier molecular flexibility index (Phi) is 2.38. The number of fused-ring (bicyclic) bond motifs is 1. The number of aliphatic carboxylic acids is 1. The monoisotopic (exact) mass is 224 g/mol. The molecule has 5 nitrogen and oxygen atoms in total. The van der Waals surface area contributed by atoms with E-state index in [4.69, 9.17) is 19.3 Å². The van der Waals surface area contributed by atoms with E-state index in [0.29, 0.717) is 17.2 Å². The third kappa shape index (κ3) is 2.03. The van der Waals surface area contributed by atoms with Crippen LogP contribution in [0.1, 0.15) is 13.8 Å². The first-order valence-corrected chi connectivity index (χ1v) is 4.83. The maximum atomic E-state index is 10.4. The van der Waals surface area contributed by atoms with Crippen LogP contribution in [0.15, 0.2) is 18.2 Å². The van der Waals surface area contributed by atoms with E-state index in [9.17, 15) is 4.79 Å². The molecule has 86 valence electrons. The molecule has 0 radical (unpaired) electrons. The Labute approximate surface area is 92.5 Å². The Balaban J connectivity index is 2.23. The summed E-state index contributed by atoms with van der Waals surface area (Å²) in [5, 5.41) is 8.53. The van der Waals surface area contributed by atoms with Gasteiger partial charge >= 0.3 is 5.97 Å². The molecule has 0 unspecified atom stereocenters. The van der Waals surface area contributed by atoms with Crippen LogP contribution in [0.5, 0.6) is 17.2 Å². The zero-order chi connectivity index (χ0) is 11.8. The summed E-state index contributed by atoms with van der Waals surface area (Å²) < 4.78 is 16.1. The molecule has 0 amide bonds. The second-order valence-electron chi connectivity index (χ2n) is 3.87. The first kappa shape index (κ1) is 10.6. The van der Waals surface area contributed by atoms with Crippen molar-refractivity contribution in [1.82, 2.24) is 0 Å². The van der Waals surface area contributed by atoms with Crippen LogP contribution < -0.4 is 14.2 Å². The lowest BCUT2D eigenvalue weighted by molar-refractivity contribution is -0.139. The fourth-order valence-electron chi connectivity index (χ4n) is 1.46. The van der Waals surface area contributed by atoms with Gasteiger partial charge in [-0.1, -0.05) is 6.07 Å². The molecule has 1 aliphatic rings. The van der Waals surface area contributed by atoms with Crippen molar-refractivity contribution in [2.45, 2.75) is 19.6 Å². The minimum atomic E-state index is -1.03. The average Bonchev–Trinajstić information content (AvgIpc) is 2.48. The minimum absolute atomic E-state index is 0.380. The maximum Gasteiger partial charge on any atom is 0.341 e. The fourth-order valence-corrected chi connectivity index (χ4v) is 1.46. The van der Waals surface area contributed by atoms with Crippen molar-refractivity contribution in [1.29, 1.82) is 0 Å². The van der Waals surface area contributed by atoms with Crippen LogP contribution >= 0.6 is 0 Å². The van der Waals surface area contributed by atoms with E-state index >= 15 is 0 Å². The highest BCUT2D eigenvalue weighted by Gasteiger charge is 2.34. The summed E-state index contributed by atoms with van der Waals surface area (Å²) in [5.41, 5.74) is 0. The van der Waals surface area contributed by atoms with Gasteiger partial charge in [0, 0.05) is 13.8 Å². The van der Waals surface area contributed by atoms with Crippen LogP contribution in [0.4, 0.5) is 0 Å². The van der Waals surface area contributed by atoms with Crippen molar-refractivity contribution in [2.75, 3.05) is 6.61 Å². The van der Waals surface area contributed by atoms with Crippen LogP contribution in [0.25, 0.3) is 0 Å². The molecule has 0 fully saturated rings. The van der Waals surface area contributed by atoms with E-state index in [1.165, 1.54) is 0 Å². The summed E-state index contributed by atoms with van der Waals surface area (Å²) in [5.74, 6) is -0.381. The molecule has 1 aromatic carbocycles. The van der Waals surface area contributed by atoms with Gasteiger partial charge in [-0.05, 0) is 12.1 Å². The van der Waals surface area contributed by atoms with Crippen molar-refractivity contribution >= 4 is 5.97 Å². The second kappa shape index (κ2) is 3.59. The number of para-hydroxylation sites is 1. The molecule has 0 aliphatic carbocycles. The Bertz CT molecular complexity index is 424. The number of rotatable bonds is 3. The molecule has 1 aromatic rings. The van der Waals surface area contributed by atoms with Gasteiger partial charge in [0.15, 0.2) is 18.1 Å². The van der Waals surface area contributed by atoms with E-state index in [2.05, 4.69) is 0 Å². The largest absolute Gasteiger partial charge is 0.479 e.